The van der Waals surface area contributed by atoms with Gasteiger partial charge in [-0.15, -0.1) is 24.0 Å². The summed E-state index contributed by atoms with van der Waals surface area (Å²) in [5.41, 5.74) is 0.512. The van der Waals surface area contributed by atoms with Crippen LogP contribution in [-0.2, 0) is 0 Å². The van der Waals surface area contributed by atoms with Crippen LogP contribution in [-0.4, -0.2) is 49.6 Å². The lowest BCUT2D eigenvalue weighted by atomic mass is 9.67. The van der Waals surface area contributed by atoms with Crippen molar-refractivity contribution in [2.75, 3.05) is 32.7 Å². The highest BCUT2D eigenvalue weighted by molar-refractivity contribution is 14.0. The number of halogens is 1. The van der Waals surface area contributed by atoms with Gasteiger partial charge in [0.2, 0.25) is 0 Å². The van der Waals surface area contributed by atoms with E-state index in [1.165, 1.54) is 58.0 Å². The van der Waals surface area contributed by atoms with Gasteiger partial charge in [0.05, 0.1) is 0 Å². The average Bonchev–Trinajstić information content (AvgIpc) is 3.23. The molecular weight excluding hydrogens is 399 g/mol. The molecule has 3 aliphatic rings. The molecular formula is C18H35IN4. The Morgan fingerprint density at radius 2 is 1.96 bits per heavy atom. The fourth-order valence-electron chi connectivity index (χ4n) is 3.93. The fourth-order valence-corrected chi connectivity index (χ4v) is 3.93. The Hall–Kier alpha value is -0.0400. The normalized spacial score (nSPS) is 27.2. The topological polar surface area (TPSA) is 39.7 Å². The number of guanidine groups is 1. The second-order valence-corrected chi connectivity index (χ2v) is 7.66. The van der Waals surface area contributed by atoms with Gasteiger partial charge in [0, 0.05) is 32.2 Å². The van der Waals surface area contributed by atoms with Crippen LogP contribution in [0.1, 0.15) is 58.8 Å². The third-order valence-electron chi connectivity index (χ3n) is 6.02. The molecule has 0 aromatic rings. The third-order valence-corrected chi connectivity index (χ3v) is 6.02. The molecule has 2 N–H and O–H groups in total. The molecule has 4 nitrogen and oxygen atoms in total. The van der Waals surface area contributed by atoms with Crippen molar-refractivity contribution >= 4 is 29.9 Å². The number of nitrogens with zero attached hydrogens (tertiary/aromatic N) is 2. The average molecular weight is 434 g/mol. The SMILES string of the molecule is CCNC(=NCC1(CC)CCC1)NCC1CCN(C2CC2)C1.I. The van der Waals surface area contributed by atoms with Gasteiger partial charge in [-0.05, 0) is 63.3 Å². The van der Waals surface area contributed by atoms with Crippen molar-refractivity contribution < 1.29 is 0 Å². The molecule has 5 heteroatoms. The molecule has 1 saturated heterocycles. The van der Waals surface area contributed by atoms with Crippen LogP contribution in [0.2, 0.25) is 0 Å². The van der Waals surface area contributed by atoms with E-state index in [2.05, 4.69) is 29.4 Å². The van der Waals surface area contributed by atoms with E-state index >= 15 is 0 Å². The molecule has 3 rings (SSSR count). The number of aliphatic imine (C=N–C) groups is 1. The molecule has 1 atom stereocenters. The zero-order valence-electron chi connectivity index (χ0n) is 14.9. The molecule has 0 aromatic heterocycles. The summed E-state index contributed by atoms with van der Waals surface area (Å²) in [6.07, 6.45) is 9.62. The molecule has 3 fully saturated rings. The standard InChI is InChI=1S/C18H34N4.HI/c1-3-18(9-5-10-18)14-21-17(19-4-2)20-12-15-8-11-22(13-15)16-6-7-16;/h15-16H,3-14H2,1-2H3,(H2,19,20,21);1H. The number of hydrogen-bond acceptors (Lipinski definition) is 2. The summed E-state index contributed by atoms with van der Waals surface area (Å²) < 4.78 is 0. The lowest BCUT2D eigenvalue weighted by Gasteiger charge is -2.40. The van der Waals surface area contributed by atoms with Gasteiger partial charge in [0.25, 0.3) is 0 Å². The second-order valence-electron chi connectivity index (χ2n) is 7.66. The first kappa shape index (κ1) is 19.3. The zero-order valence-corrected chi connectivity index (χ0v) is 17.3. The van der Waals surface area contributed by atoms with Crippen LogP contribution in [0.3, 0.4) is 0 Å². The minimum Gasteiger partial charge on any atom is -0.357 e. The van der Waals surface area contributed by atoms with Crippen molar-refractivity contribution in [2.45, 2.75) is 64.8 Å². The Balaban J connectivity index is 0.00000192. The summed E-state index contributed by atoms with van der Waals surface area (Å²) in [6.45, 7) is 10.1. The van der Waals surface area contributed by atoms with Crippen LogP contribution < -0.4 is 10.6 Å². The summed E-state index contributed by atoms with van der Waals surface area (Å²) in [4.78, 5) is 7.58. The molecule has 0 radical (unpaired) electrons. The van der Waals surface area contributed by atoms with Gasteiger partial charge in [0.1, 0.15) is 0 Å². The summed E-state index contributed by atoms with van der Waals surface area (Å²) in [7, 11) is 0. The number of likely N-dealkylation sites (tertiary alicyclic amines) is 1. The van der Waals surface area contributed by atoms with Gasteiger partial charge in [-0.3, -0.25) is 4.99 Å². The van der Waals surface area contributed by atoms with Crippen LogP contribution in [0.5, 0.6) is 0 Å². The maximum Gasteiger partial charge on any atom is 0.191 e. The highest BCUT2D eigenvalue weighted by Gasteiger charge is 2.35. The fraction of sp³-hybridized carbons (Fsp3) is 0.944. The van der Waals surface area contributed by atoms with E-state index in [0.29, 0.717) is 5.41 Å². The van der Waals surface area contributed by atoms with Gasteiger partial charge < -0.3 is 15.5 Å². The lowest BCUT2D eigenvalue weighted by molar-refractivity contribution is 0.139. The van der Waals surface area contributed by atoms with Crippen molar-refractivity contribution in [1.29, 1.82) is 0 Å². The van der Waals surface area contributed by atoms with Crippen molar-refractivity contribution in [3.05, 3.63) is 0 Å². The third kappa shape index (κ3) is 5.21. The van der Waals surface area contributed by atoms with Gasteiger partial charge in [-0.1, -0.05) is 13.3 Å². The molecule has 2 aliphatic carbocycles. The van der Waals surface area contributed by atoms with Crippen LogP contribution >= 0.6 is 24.0 Å². The van der Waals surface area contributed by atoms with Gasteiger partial charge in [-0.2, -0.15) is 0 Å². The second kappa shape index (κ2) is 8.88. The van der Waals surface area contributed by atoms with E-state index in [1.807, 2.05) is 0 Å². The molecule has 134 valence electrons. The van der Waals surface area contributed by atoms with Crippen molar-refractivity contribution in [3.63, 3.8) is 0 Å². The van der Waals surface area contributed by atoms with Crippen LogP contribution in [0.15, 0.2) is 4.99 Å². The maximum absolute atomic E-state index is 4.89. The molecule has 2 saturated carbocycles. The highest BCUT2D eigenvalue weighted by Crippen LogP contribution is 2.43. The van der Waals surface area contributed by atoms with E-state index in [1.54, 1.807) is 0 Å². The molecule has 0 amide bonds. The summed E-state index contributed by atoms with van der Waals surface area (Å²) >= 11 is 0. The number of hydrogen-bond donors (Lipinski definition) is 2. The Morgan fingerprint density at radius 1 is 1.17 bits per heavy atom. The molecule has 1 heterocycles. The summed E-state index contributed by atoms with van der Waals surface area (Å²) in [5, 5.41) is 7.02. The highest BCUT2D eigenvalue weighted by atomic mass is 127. The van der Waals surface area contributed by atoms with Gasteiger partial charge in [0.15, 0.2) is 5.96 Å². The predicted molar refractivity (Wildman–Crippen MR) is 109 cm³/mol. The smallest absolute Gasteiger partial charge is 0.191 e. The molecule has 23 heavy (non-hydrogen) atoms. The quantitative estimate of drug-likeness (QED) is 0.367. The monoisotopic (exact) mass is 434 g/mol. The van der Waals surface area contributed by atoms with Gasteiger partial charge in [-0.25, -0.2) is 0 Å². The largest absolute Gasteiger partial charge is 0.357 e. The lowest BCUT2D eigenvalue weighted by Crippen LogP contribution is -2.42. The van der Waals surface area contributed by atoms with Crippen molar-refractivity contribution in [1.82, 2.24) is 15.5 Å². The number of nitrogens with one attached hydrogen (secondary N) is 2. The molecule has 0 spiro atoms. The van der Waals surface area contributed by atoms with E-state index in [4.69, 9.17) is 4.99 Å². The van der Waals surface area contributed by atoms with Crippen LogP contribution in [0, 0.1) is 11.3 Å². The first-order valence-corrected chi connectivity index (χ1v) is 9.51. The molecule has 0 bridgehead atoms. The van der Waals surface area contributed by atoms with Gasteiger partial charge >= 0.3 is 0 Å². The van der Waals surface area contributed by atoms with Crippen LogP contribution in [0.4, 0.5) is 0 Å². The predicted octanol–water partition coefficient (Wildman–Crippen LogP) is 3.22. The molecule has 1 unspecified atom stereocenters. The first-order chi connectivity index (χ1) is 10.7. The Bertz CT molecular complexity index is 385. The van der Waals surface area contributed by atoms with Crippen molar-refractivity contribution in [3.8, 4) is 0 Å². The summed E-state index contributed by atoms with van der Waals surface area (Å²) in [5.74, 6) is 1.83. The van der Waals surface area contributed by atoms with E-state index in [9.17, 15) is 0 Å². The summed E-state index contributed by atoms with van der Waals surface area (Å²) in [6, 6.07) is 0.926. The Morgan fingerprint density at radius 3 is 2.52 bits per heavy atom. The Kier molecular flexibility index (Phi) is 7.45. The van der Waals surface area contributed by atoms with Crippen molar-refractivity contribution in [2.24, 2.45) is 16.3 Å². The number of rotatable bonds is 7. The molecule has 0 aromatic carbocycles. The molecule has 1 aliphatic heterocycles. The van der Waals surface area contributed by atoms with E-state index < -0.39 is 0 Å². The minimum atomic E-state index is 0. The zero-order chi connectivity index (χ0) is 15.4. The Labute approximate surface area is 159 Å². The first-order valence-electron chi connectivity index (χ1n) is 9.51. The minimum absolute atomic E-state index is 0. The van der Waals surface area contributed by atoms with E-state index in [0.717, 1.165) is 37.6 Å². The maximum atomic E-state index is 4.89. The van der Waals surface area contributed by atoms with E-state index in [-0.39, 0.29) is 24.0 Å². The van der Waals surface area contributed by atoms with Crippen LogP contribution in [0.25, 0.3) is 0 Å².